The maximum atomic E-state index is 13.3. The largest absolute Gasteiger partial charge is 0.494 e. The van der Waals surface area contributed by atoms with Crippen molar-refractivity contribution in [2.45, 2.75) is 11.3 Å². The van der Waals surface area contributed by atoms with E-state index in [0.29, 0.717) is 17.7 Å². The van der Waals surface area contributed by atoms with Crippen molar-refractivity contribution in [3.05, 3.63) is 66.2 Å². The Bertz CT molecular complexity index is 1220. The average molecular weight is 454 g/mol. The van der Waals surface area contributed by atoms with Crippen molar-refractivity contribution < 1.29 is 17.9 Å². The van der Waals surface area contributed by atoms with Crippen molar-refractivity contribution in [1.29, 1.82) is 5.41 Å². The van der Waals surface area contributed by atoms with Crippen LogP contribution in [0.1, 0.15) is 12.0 Å². The minimum atomic E-state index is -4.07. The Morgan fingerprint density at radius 3 is 2.62 bits per heavy atom. The van der Waals surface area contributed by atoms with Gasteiger partial charge in [-0.25, -0.2) is 8.42 Å². The lowest BCUT2D eigenvalue weighted by Crippen LogP contribution is -2.37. The summed E-state index contributed by atoms with van der Waals surface area (Å²) in [6, 6.07) is 17.1. The van der Waals surface area contributed by atoms with Gasteiger partial charge < -0.3 is 15.2 Å². The van der Waals surface area contributed by atoms with Crippen molar-refractivity contribution >= 4 is 31.3 Å². The third-order valence-electron chi connectivity index (χ3n) is 5.57. The Labute approximate surface area is 188 Å². The van der Waals surface area contributed by atoms with E-state index in [1.165, 1.54) is 12.1 Å². The van der Waals surface area contributed by atoms with Crippen LogP contribution in [0.4, 0.5) is 5.69 Å². The molecule has 1 fully saturated rings. The molecular weight excluding hydrogens is 426 g/mol. The summed E-state index contributed by atoms with van der Waals surface area (Å²) in [7, 11) is -4.07. The molecule has 4 rings (SSSR count). The highest BCUT2D eigenvalue weighted by Gasteiger charge is 2.26. The van der Waals surface area contributed by atoms with Gasteiger partial charge in [-0.05, 0) is 36.1 Å². The van der Waals surface area contributed by atoms with E-state index in [1.54, 1.807) is 30.3 Å². The normalized spacial score (nSPS) is 15.0. The van der Waals surface area contributed by atoms with Crippen LogP contribution in [0.5, 0.6) is 5.75 Å². The Kier molecular flexibility index (Phi) is 6.74. The Morgan fingerprint density at radius 1 is 1.06 bits per heavy atom. The van der Waals surface area contributed by atoms with Crippen LogP contribution in [0.25, 0.3) is 10.8 Å². The molecule has 0 radical (unpaired) electrons. The molecule has 8 heteroatoms. The Balaban J connectivity index is 1.50. The first-order chi connectivity index (χ1) is 15.5. The zero-order valence-corrected chi connectivity index (χ0v) is 18.6. The molecule has 1 saturated heterocycles. The van der Waals surface area contributed by atoms with Crippen LogP contribution >= 0.6 is 0 Å². The number of nitrogens with two attached hydrogens (primary N) is 1. The third-order valence-corrected chi connectivity index (χ3v) is 7.26. The molecule has 0 unspecified atom stereocenters. The lowest BCUT2D eigenvalue weighted by Gasteiger charge is -2.26. The molecular formula is C24H27N3O4S. The summed E-state index contributed by atoms with van der Waals surface area (Å²) in [4.78, 5) is 2.42. The highest BCUT2D eigenvalue weighted by atomic mass is 32.2. The highest BCUT2D eigenvalue weighted by molar-refractivity contribution is 8.07. The van der Waals surface area contributed by atoms with Crippen molar-refractivity contribution in [1.82, 2.24) is 4.90 Å². The molecule has 32 heavy (non-hydrogen) atoms. The molecule has 3 aromatic carbocycles. The predicted molar refractivity (Wildman–Crippen MR) is 126 cm³/mol. The summed E-state index contributed by atoms with van der Waals surface area (Å²) >= 11 is 0. The molecule has 0 aliphatic carbocycles. The predicted octanol–water partition coefficient (Wildman–Crippen LogP) is 3.32. The summed E-state index contributed by atoms with van der Waals surface area (Å²) in [5.41, 5.74) is 6.41. The van der Waals surface area contributed by atoms with E-state index in [-0.39, 0.29) is 16.1 Å². The van der Waals surface area contributed by atoms with Gasteiger partial charge in [0.1, 0.15) is 5.75 Å². The monoisotopic (exact) mass is 453 g/mol. The van der Waals surface area contributed by atoms with Crippen molar-refractivity contribution in [3.8, 4) is 5.75 Å². The van der Waals surface area contributed by atoms with Gasteiger partial charge in [-0.3, -0.25) is 10.3 Å². The smallest absolute Gasteiger partial charge is 0.224 e. The van der Waals surface area contributed by atoms with Gasteiger partial charge in [-0.2, -0.15) is 0 Å². The molecule has 168 valence electrons. The van der Waals surface area contributed by atoms with E-state index in [2.05, 4.69) is 4.90 Å². The first-order valence-electron chi connectivity index (χ1n) is 10.6. The van der Waals surface area contributed by atoms with Crippen molar-refractivity contribution in [3.63, 3.8) is 0 Å². The number of anilines is 1. The molecule has 3 N–H and O–H groups in total. The first kappa shape index (κ1) is 22.3. The van der Waals surface area contributed by atoms with E-state index >= 15 is 0 Å². The summed E-state index contributed by atoms with van der Waals surface area (Å²) in [5, 5.41) is 9.33. The van der Waals surface area contributed by atoms with Crippen LogP contribution in [0, 0.1) is 5.41 Å². The van der Waals surface area contributed by atoms with Gasteiger partial charge in [0.15, 0.2) is 5.04 Å². The van der Waals surface area contributed by atoms with Crippen LogP contribution in [0.2, 0.25) is 0 Å². The fourth-order valence-corrected chi connectivity index (χ4v) is 5.23. The fraction of sp³-hybridized carbons (Fsp3) is 0.292. The number of rotatable bonds is 7. The zero-order valence-electron chi connectivity index (χ0n) is 17.8. The molecule has 3 aromatic rings. The molecule has 0 spiro atoms. The second-order valence-electron chi connectivity index (χ2n) is 7.71. The van der Waals surface area contributed by atoms with E-state index < -0.39 is 14.9 Å². The Hall–Kier alpha value is -2.94. The van der Waals surface area contributed by atoms with Gasteiger partial charge in [-0.15, -0.1) is 0 Å². The summed E-state index contributed by atoms with van der Waals surface area (Å²) in [6.45, 7) is 4.77. The van der Waals surface area contributed by atoms with Gasteiger partial charge in [0, 0.05) is 36.3 Å². The third kappa shape index (κ3) is 4.77. The molecule has 0 atom stereocenters. The number of nitrogens with one attached hydrogen (secondary N) is 1. The minimum Gasteiger partial charge on any atom is -0.494 e. The number of nitrogen functional groups attached to an aromatic ring is 1. The van der Waals surface area contributed by atoms with Crippen LogP contribution < -0.4 is 10.5 Å². The highest BCUT2D eigenvalue weighted by Crippen LogP contribution is 2.29. The number of benzene rings is 3. The van der Waals surface area contributed by atoms with Gasteiger partial charge in [0.05, 0.1) is 24.7 Å². The maximum absolute atomic E-state index is 13.3. The van der Waals surface area contributed by atoms with Gasteiger partial charge in [0.25, 0.3) is 0 Å². The first-order valence-corrected chi connectivity index (χ1v) is 12.1. The van der Waals surface area contributed by atoms with Gasteiger partial charge in [0.2, 0.25) is 9.84 Å². The topological polar surface area (TPSA) is 106 Å². The van der Waals surface area contributed by atoms with Crippen LogP contribution in [0.3, 0.4) is 0 Å². The number of fused-ring (bicyclic) bond motifs is 1. The molecule has 1 heterocycles. The van der Waals surface area contributed by atoms with E-state index in [4.69, 9.17) is 20.6 Å². The number of sulfone groups is 1. The molecule has 7 nitrogen and oxygen atoms in total. The standard InChI is InChI=1S/C24H27N3O4S/c25-22-10-9-19(31-14-4-11-27-12-15-30-16-13-27)17-21(22)24(26)32(28,29)23-8-3-6-18-5-1-2-7-20(18)23/h1-3,5-10,17,26H,4,11-16,25H2. The SMILES string of the molecule is N=C(c1cc(OCCCN2CCOCC2)ccc1N)S(=O)(=O)c1cccc2ccccc12. The number of hydrogen-bond acceptors (Lipinski definition) is 7. The number of morpholine rings is 1. The molecule has 1 aliphatic rings. The van der Waals surface area contributed by atoms with E-state index in [0.717, 1.165) is 44.7 Å². The quantitative estimate of drug-likeness (QED) is 0.246. The number of hydrogen-bond donors (Lipinski definition) is 2. The summed E-state index contributed by atoms with van der Waals surface area (Å²) in [5.74, 6) is 0.494. The summed E-state index contributed by atoms with van der Waals surface area (Å²) < 4.78 is 37.8. The fourth-order valence-electron chi connectivity index (χ4n) is 3.81. The van der Waals surface area contributed by atoms with Crippen molar-refractivity contribution in [2.24, 2.45) is 0 Å². The van der Waals surface area contributed by atoms with Crippen LogP contribution in [-0.2, 0) is 14.6 Å². The van der Waals surface area contributed by atoms with E-state index in [9.17, 15) is 8.42 Å². The zero-order chi connectivity index (χ0) is 22.6. The molecule has 0 amide bonds. The molecule has 0 saturated carbocycles. The van der Waals surface area contributed by atoms with Gasteiger partial charge in [-0.1, -0.05) is 36.4 Å². The molecule has 0 bridgehead atoms. The second kappa shape index (κ2) is 9.68. The van der Waals surface area contributed by atoms with Crippen molar-refractivity contribution in [2.75, 3.05) is 45.2 Å². The number of ether oxygens (including phenoxy) is 2. The van der Waals surface area contributed by atoms with Gasteiger partial charge >= 0.3 is 0 Å². The number of nitrogens with zero attached hydrogens (tertiary/aromatic N) is 1. The maximum Gasteiger partial charge on any atom is 0.224 e. The Morgan fingerprint density at radius 2 is 1.81 bits per heavy atom. The average Bonchev–Trinajstić information content (AvgIpc) is 2.82. The lowest BCUT2D eigenvalue weighted by atomic mass is 10.1. The molecule has 0 aromatic heterocycles. The lowest BCUT2D eigenvalue weighted by molar-refractivity contribution is 0.0358. The molecule has 1 aliphatic heterocycles. The van der Waals surface area contributed by atoms with E-state index in [1.807, 2.05) is 18.2 Å². The minimum absolute atomic E-state index is 0.0943. The summed E-state index contributed by atoms with van der Waals surface area (Å²) in [6.07, 6.45) is 0.839. The van der Waals surface area contributed by atoms with Crippen LogP contribution in [-0.4, -0.2) is 57.8 Å². The van der Waals surface area contributed by atoms with Crippen LogP contribution in [0.15, 0.2) is 65.6 Å². The second-order valence-corrected chi connectivity index (χ2v) is 9.57.